The molecule has 318 valence electrons. The zero-order valence-corrected chi connectivity index (χ0v) is 37.1. The molecule has 2 aromatic heterocycles. The Morgan fingerprint density at radius 3 is 0.779 bits per heavy atom. The molecule has 0 saturated heterocycles. The lowest BCUT2D eigenvalue weighted by Crippen LogP contribution is -1.91. The first-order valence-electron chi connectivity index (χ1n) is 23.2. The van der Waals surface area contributed by atoms with Crippen LogP contribution < -0.4 is 0 Å². The fraction of sp³-hybridized carbons (Fsp3) is 0. The van der Waals surface area contributed by atoms with Gasteiger partial charge in [-0.3, -0.25) is 0 Å². The van der Waals surface area contributed by atoms with Crippen LogP contribution in [-0.4, -0.2) is 0 Å². The molecule has 0 radical (unpaired) electrons. The number of furan rings is 2. The van der Waals surface area contributed by atoms with E-state index >= 15 is 0 Å². The van der Waals surface area contributed by atoms with E-state index < -0.39 is 0 Å². The Balaban J connectivity index is 0.863. The minimum Gasteiger partial charge on any atom is -0.455 e. The minimum absolute atomic E-state index is 0.873. The first-order chi connectivity index (χ1) is 33.7. The Morgan fingerprint density at radius 2 is 0.441 bits per heavy atom. The monoisotopic (exact) mass is 866 g/mol. The molecule has 2 heterocycles. The summed E-state index contributed by atoms with van der Waals surface area (Å²) in [5.74, 6) is 1.78. The lowest BCUT2D eigenvalue weighted by atomic mass is 9.85. The molecule has 0 atom stereocenters. The Bertz CT molecular complexity index is 3640. The molecule has 13 rings (SSSR count). The van der Waals surface area contributed by atoms with Crippen LogP contribution >= 0.6 is 0 Å². The van der Waals surface area contributed by atoms with E-state index in [9.17, 15) is 0 Å². The Hall–Kier alpha value is -8.98. The van der Waals surface area contributed by atoms with Crippen LogP contribution in [0.25, 0.3) is 133 Å². The highest BCUT2D eigenvalue weighted by molar-refractivity contribution is 6.21. The molecule has 0 N–H and O–H groups in total. The lowest BCUT2D eigenvalue weighted by Gasteiger charge is -2.18. The predicted octanol–water partition coefficient (Wildman–Crippen LogP) is 18.8. The van der Waals surface area contributed by atoms with Crippen molar-refractivity contribution >= 4 is 43.5 Å². The van der Waals surface area contributed by atoms with Gasteiger partial charge in [0.1, 0.15) is 22.7 Å². The summed E-state index contributed by atoms with van der Waals surface area (Å²) in [6.45, 7) is 0. The van der Waals surface area contributed by atoms with Gasteiger partial charge in [-0.2, -0.15) is 0 Å². The number of hydrogen-bond donors (Lipinski definition) is 0. The van der Waals surface area contributed by atoms with Crippen molar-refractivity contribution in [2.24, 2.45) is 0 Å². The normalized spacial score (nSPS) is 11.5. The molecule has 0 saturated carbocycles. The van der Waals surface area contributed by atoms with Crippen LogP contribution in [0, 0.1) is 0 Å². The van der Waals surface area contributed by atoms with Crippen LogP contribution in [-0.2, 0) is 0 Å². The summed E-state index contributed by atoms with van der Waals surface area (Å²) in [6.07, 6.45) is 0. The van der Waals surface area contributed by atoms with Gasteiger partial charge in [0.25, 0.3) is 0 Å². The molecule has 0 fully saturated rings. The molecule has 0 aliphatic rings. The maximum Gasteiger partial charge on any atom is 0.143 e. The van der Waals surface area contributed by atoms with Crippen LogP contribution in [0.3, 0.4) is 0 Å². The van der Waals surface area contributed by atoms with Crippen LogP contribution in [0.2, 0.25) is 0 Å². The molecule has 2 heteroatoms. The second-order valence-corrected chi connectivity index (χ2v) is 17.5. The maximum absolute atomic E-state index is 6.71. The van der Waals surface area contributed by atoms with Crippen LogP contribution in [0.15, 0.2) is 264 Å². The summed E-state index contributed by atoms with van der Waals surface area (Å²) in [5.41, 5.74) is 17.7. The molecule has 0 spiro atoms. The number of benzene rings is 11. The van der Waals surface area contributed by atoms with Gasteiger partial charge in [-0.25, -0.2) is 0 Å². The molecular formula is C66H42O2. The van der Waals surface area contributed by atoms with E-state index in [4.69, 9.17) is 8.83 Å². The molecule has 68 heavy (non-hydrogen) atoms. The molecule has 0 bridgehead atoms. The second kappa shape index (κ2) is 16.5. The van der Waals surface area contributed by atoms with E-state index in [1.54, 1.807) is 0 Å². The second-order valence-electron chi connectivity index (χ2n) is 17.5. The third-order valence-corrected chi connectivity index (χ3v) is 13.5. The molecule has 0 amide bonds. The first-order valence-corrected chi connectivity index (χ1v) is 23.2. The zero-order chi connectivity index (χ0) is 45.0. The third-order valence-electron chi connectivity index (χ3n) is 13.5. The molecular weight excluding hydrogens is 825 g/mol. The standard InChI is InChI=1S/C66H42O2/c1-5-17-45(18-6-1)63-57-39-37-51(41-59(57)67-65(63)49-21-9-3-10-22-49)43-29-33-47(34-30-43)61-53-25-13-15-27-55(53)62(56-28-16-14-26-54(56)61)48-35-31-44(32-36-48)52-38-40-58-60(42-52)68-66(50-23-11-4-12-24-50)64(58)46-19-7-2-8-20-46/h1-42H. The minimum atomic E-state index is 0.873. The fourth-order valence-corrected chi connectivity index (χ4v) is 10.3. The summed E-state index contributed by atoms with van der Waals surface area (Å²) in [6, 6.07) is 90.9. The average molecular weight is 867 g/mol. The Labute approximate surface area is 394 Å². The van der Waals surface area contributed by atoms with E-state index in [0.29, 0.717) is 0 Å². The quantitative estimate of drug-likeness (QED) is 0.142. The smallest absolute Gasteiger partial charge is 0.143 e. The van der Waals surface area contributed by atoms with Gasteiger partial charge in [0.15, 0.2) is 0 Å². The SMILES string of the molecule is c1ccc(-c2oc3cc(-c4ccc(-c5c6ccccc6c(-c6ccc(-c7ccc8c(-c9ccccc9)c(-c9ccccc9)oc8c7)cc6)c6ccccc56)cc4)ccc3c2-c2ccccc2)cc1. The number of fused-ring (bicyclic) bond motifs is 4. The van der Waals surface area contributed by atoms with Crippen molar-refractivity contribution in [3.63, 3.8) is 0 Å². The summed E-state index contributed by atoms with van der Waals surface area (Å²) in [7, 11) is 0. The van der Waals surface area contributed by atoms with Gasteiger partial charge in [0.2, 0.25) is 0 Å². The van der Waals surface area contributed by atoms with Gasteiger partial charge >= 0.3 is 0 Å². The van der Waals surface area contributed by atoms with Crippen LogP contribution in [0.1, 0.15) is 0 Å². The molecule has 0 aliphatic carbocycles. The van der Waals surface area contributed by atoms with E-state index in [1.165, 1.54) is 43.8 Å². The van der Waals surface area contributed by atoms with E-state index in [-0.39, 0.29) is 0 Å². The van der Waals surface area contributed by atoms with E-state index in [2.05, 4.69) is 243 Å². The number of rotatable bonds is 8. The van der Waals surface area contributed by atoms with Gasteiger partial charge in [-0.05, 0) is 101 Å². The zero-order valence-electron chi connectivity index (χ0n) is 37.1. The Kier molecular flexibility index (Phi) is 9.54. The van der Waals surface area contributed by atoms with Gasteiger partial charge in [0.05, 0.1) is 0 Å². The molecule has 0 aliphatic heterocycles. The predicted molar refractivity (Wildman–Crippen MR) is 284 cm³/mol. The third kappa shape index (κ3) is 6.73. The van der Waals surface area contributed by atoms with Crippen LogP contribution in [0.5, 0.6) is 0 Å². The Morgan fingerprint density at radius 1 is 0.176 bits per heavy atom. The highest BCUT2D eigenvalue weighted by Crippen LogP contribution is 2.47. The highest BCUT2D eigenvalue weighted by atomic mass is 16.3. The van der Waals surface area contributed by atoms with Crippen LogP contribution in [0.4, 0.5) is 0 Å². The molecule has 2 nitrogen and oxygen atoms in total. The molecule has 0 unspecified atom stereocenters. The molecule has 13 aromatic rings. The maximum atomic E-state index is 6.71. The summed E-state index contributed by atoms with van der Waals surface area (Å²) in [5, 5.41) is 7.11. The van der Waals surface area contributed by atoms with Crippen molar-refractivity contribution in [2.75, 3.05) is 0 Å². The van der Waals surface area contributed by atoms with Gasteiger partial charge in [0, 0.05) is 33.0 Å². The van der Waals surface area contributed by atoms with E-state index in [0.717, 1.165) is 89.1 Å². The van der Waals surface area contributed by atoms with Gasteiger partial charge in [-0.15, -0.1) is 0 Å². The van der Waals surface area contributed by atoms with Crippen molar-refractivity contribution in [1.82, 2.24) is 0 Å². The van der Waals surface area contributed by atoms with Gasteiger partial charge in [-0.1, -0.05) is 231 Å². The average Bonchev–Trinajstić information content (AvgIpc) is 4.00. The molecule has 11 aromatic carbocycles. The van der Waals surface area contributed by atoms with Crippen molar-refractivity contribution < 1.29 is 8.83 Å². The topological polar surface area (TPSA) is 26.3 Å². The summed E-state index contributed by atoms with van der Waals surface area (Å²) >= 11 is 0. The number of hydrogen-bond acceptors (Lipinski definition) is 2. The van der Waals surface area contributed by atoms with Crippen molar-refractivity contribution in [3.8, 4) is 89.4 Å². The largest absolute Gasteiger partial charge is 0.455 e. The fourth-order valence-electron chi connectivity index (χ4n) is 10.3. The van der Waals surface area contributed by atoms with E-state index in [1.807, 2.05) is 12.1 Å². The first kappa shape index (κ1) is 39.4. The van der Waals surface area contributed by atoms with Crippen molar-refractivity contribution in [2.45, 2.75) is 0 Å². The summed E-state index contributed by atoms with van der Waals surface area (Å²) < 4.78 is 13.4. The van der Waals surface area contributed by atoms with Gasteiger partial charge < -0.3 is 8.83 Å². The summed E-state index contributed by atoms with van der Waals surface area (Å²) in [4.78, 5) is 0. The van der Waals surface area contributed by atoms with Crippen molar-refractivity contribution in [3.05, 3.63) is 255 Å². The highest BCUT2D eigenvalue weighted by Gasteiger charge is 2.21. The lowest BCUT2D eigenvalue weighted by molar-refractivity contribution is 0.632. The van der Waals surface area contributed by atoms with Crippen molar-refractivity contribution in [1.29, 1.82) is 0 Å².